The predicted octanol–water partition coefficient (Wildman–Crippen LogP) is 2.88. The number of methoxy groups -OCH3 is 1. The number of urea groups is 1. The summed E-state index contributed by atoms with van der Waals surface area (Å²) in [5.74, 6) is 0. The molecule has 0 radical (unpaired) electrons. The molecule has 0 saturated heterocycles. The first-order valence-electron chi connectivity index (χ1n) is 6.40. The number of alkyl halides is 3. The Labute approximate surface area is 121 Å². The van der Waals surface area contributed by atoms with Crippen LogP contribution in [-0.4, -0.2) is 37.7 Å². The van der Waals surface area contributed by atoms with Gasteiger partial charge in [-0.25, -0.2) is 4.79 Å². The molecule has 2 amide bonds. The smallest absolute Gasteiger partial charge is 0.383 e. The second kappa shape index (κ2) is 7.31. The molecule has 0 fully saturated rings. The highest BCUT2D eigenvalue weighted by Gasteiger charge is 2.29. The van der Waals surface area contributed by atoms with Crippen LogP contribution in [0.4, 0.5) is 18.0 Å². The van der Waals surface area contributed by atoms with Gasteiger partial charge in [-0.1, -0.05) is 12.1 Å². The molecule has 1 unspecified atom stereocenters. The van der Waals surface area contributed by atoms with Gasteiger partial charge in [-0.15, -0.1) is 0 Å². The van der Waals surface area contributed by atoms with E-state index in [4.69, 9.17) is 4.74 Å². The second-order valence-corrected chi connectivity index (χ2v) is 4.86. The molecule has 118 valence electrons. The Balaban J connectivity index is 2.58. The zero-order valence-electron chi connectivity index (χ0n) is 12.2. The highest BCUT2D eigenvalue weighted by Crippen LogP contribution is 2.29. The topological polar surface area (TPSA) is 41.6 Å². The molecule has 1 aromatic carbocycles. The van der Waals surface area contributed by atoms with E-state index in [0.29, 0.717) is 12.2 Å². The second-order valence-electron chi connectivity index (χ2n) is 4.86. The molecule has 1 atom stereocenters. The van der Waals surface area contributed by atoms with Crippen molar-refractivity contribution in [1.82, 2.24) is 10.2 Å². The van der Waals surface area contributed by atoms with Crippen LogP contribution in [0.1, 0.15) is 18.1 Å². The number of carbonyl (C=O) groups excluding carboxylic acids is 1. The molecule has 0 aliphatic carbocycles. The predicted molar refractivity (Wildman–Crippen MR) is 72.8 cm³/mol. The largest absolute Gasteiger partial charge is 0.416 e. The van der Waals surface area contributed by atoms with Crippen molar-refractivity contribution in [3.8, 4) is 0 Å². The first-order valence-corrected chi connectivity index (χ1v) is 6.40. The maximum atomic E-state index is 12.4. The van der Waals surface area contributed by atoms with Crippen molar-refractivity contribution in [1.29, 1.82) is 0 Å². The van der Waals surface area contributed by atoms with Crippen molar-refractivity contribution in [3.63, 3.8) is 0 Å². The van der Waals surface area contributed by atoms with E-state index in [2.05, 4.69) is 5.32 Å². The van der Waals surface area contributed by atoms with E-state index < -0.39 is 11.7 Å². The van der Waals surface area contributed by atoms with Crippen LogP contribution in [0.15, 0.2) is 24.3 Å². The molecule has 4 nitrogen and oxygen atoms in total. The Bertz CT molecular complexity index is 460. The first-order chi connectivity index (χ1) is 9.74. The van der Waals surface area contributed by atoms with Crippen LogP contribution in [0.3, 0.4) is 0 Å². The van der Waals surface area contributed by atoms with Crippen LogP contribution in [0.25, 0.3) is 0 Å². The lowest BCUT2D eigenvalue weighted by atomic mass is 10.1. The standard InChI is InChI=1S/C14H19F3N2O2/c1-10(9-21-3)18-13(20)19(2)8-11-4-6-12(7-5-11)14(15,16)17/h4-7,10H,8-9H2,1-3H3,(H,18,20). The third-order valence-electron chi connectivity index (χ3n) is 2.83. The van der Waals surface area contributed by atoms with Gasteiger partial charge < -0.3 is 15.0 Å². The van der Waals surface area contributed by atoms with E-state index in [1.165, 1.54) is 24.1 Å². The van der Waals surface area contributed by atoms with E-state index in [9.17, 15) is 18.0 Å². The van der Waals surface area contributed by atoms with Crippen LogP contribution in [0, 0.1) is 0 Å². The summed E-state index contributed by atoms with van der Waals surface area (Å²) in [6.07, 6.45) is -4.35. The summed E-state index contributed by atoms with van der Waals surface area (Å²) in [5, 5.41) is 2.72. The third kappa shape index (κ3) is 5.63. The zero-order valence-corrected chi connectivity index (χ0v) is 12.2. The lowest BCUT2D eigenvalue weighted by Gasteiger charge is -2.21. The molecule has 1 rings (SSSR count). The van der Waals surface area contributed by atoms with Crippen molar-refractivity contribution in [2.24, 2.45) is 0 Å². The Morgan fingerprint density at radius 3 is 2.38 bits per heavy atom. The Morgan fingerprint density at radius 1 is 1.33 bits per heavy atom. The summed E-state index contributed by atoms with van der Waals surface area (Å²) in [6.45, 7) is 2.41. The fourth-order valence-corrected chi connectivity index (χ4v) is 1.76. The molecule has 1 N–H and O–H groups in total. The molecule has 1 aromatic rings. The van der Waals surface area contributed by atoms with Gasteiger partial charge in [0.2, 0.25) is 0 Å². The highest BCUT2D eigenvalue weighted by molar-refractivity contribution is 5.74. The van der Waals surface area contributed by atoms with Crippen LogP contribution in [-0.2, 0) is 17.5 Å². The molecule has 0 aromatic heterocycles. The van der Waals surface area contributed by atoms with Crippen molar-refractivity contribution >= 4 is 6.03 Å². The fraction of sp³-hybridized carbons (Fsp3) is 0.500. The molecule has 0 aliphatic rings. The number of nitrogens with one attached hydrogen (secondary N) is 1. The van der Waals surface area contributed by atoms with Crippen LogP contribution in [0.5, 0.6) is 0 Å². The maximum Gasteiger partial charge on any atom is 0.416 e. The number of nitrogens with zero attached hydrogens (tertiary/aromatic N) is 1. The molecular weight excluding hydrogens is 285 g/mol. The molecule has 0 bridgehead atoms. The zero-order chi connectivity index (χ0) is 16.0. The first kappa shape index (κ1) is 17.3. The molecular formula is C14H19F3N2O2. The summed E-state index contributed by atoms with van der Waals surface area (Å²) in [4.78, 5) is 13.2. The Kier molecular flexibility index (Phi) is 6.02. The van der Waals surface area contributed by atoms with E-state index >= 15 is 0 Å². The van der Waals surface area contributed by atoms with E-state index in [0.717, 1.165) is 12.1 Å². The van der Waals surface area contributed by atoms with E-state index in [1.54, 1.807) is 14.0 Å². The minimum atomic E-state index is -4.35. The summed E-state index contributed by atoms with van der Waals surface area (Å²) < 4.78 is 42.2. The van der Waals surface area contributed by atoms with Gasteiger partial charge >= 0.3 is 12.2 Å². The van der Waals surface area contributed by atoms with Gasteiger partial charge in [-0.05, 0) is 24.6 Å². The number of benzene rings is 1. The van der Waals surface area contributed by atoms with Crippen molar-refractivity contribution in [2.75, 3.05) is 20.8 Å². The van der Waals surface area contributed by atoms with Crippen LogP contribution < -0.4 is 5.32 Å². The van der Waals surface area contributed by atoms with Gasteiger partial charge in [-0.2, -0.15) is 13.2 Å². The average molecular weight is 304 g/mol. The quantitative estimate of drug-likeness (QED) is 0.909. The summed E-state index contributed by atoms with van der Waals surface area (Å²) in [6, 6.07) is 4.30. The van der Waals surface area contributed by atoms with E-state index in [-0.39, 0.29) is 18.6 Å². The van der Waals surface area contributed by atoms with Gasteiger partial charge in [0.25, 0.3) is 0 Å². The number of carbonyl (C=O) groups is 1. The normalized spacial score (nSPS) is 12.9. The van der Waals surface area contributed by atoms with Crippen LogP contribution in [0.2, 0.25) is 0 Å². The molecule has 0 aliphatic heterocycles. The molecule has 7 heteroatoms. The monoisotopic (exact) mass is 304 g/mol. The van der Waals surface area contributed by atoms with Gasteiger partial charge in [-0.3, -0.25) is 0 Å². The maximum absolute atomic E-state index is 12.4. The van der Waals surface area contributed by atoms with Crippen molar-refractivity contribution in [2.45, 2.75) is 25.7 Å². The molecule has 21 heavy (non-hydrogen) atoms. The SMILES string of the molecule is COCC(C)NC(=O)N(C)Cc1ccc(C(F)(F)F)cc1. The number of rotatable bonds is 5. The molecule has 0 saturated carbocycles. The van der Waals surface area contributed by atoms with Gasteiger partial charge in [0, 0.05) is 20.7 Å². The summed E-state index contributed by atoms with van der Waals surface area (Å²) in [5.41, 5.74) is -0.0767. The highest BCUT2D eigenvalue weighted by atomic mass is 19.4. The van der Waals surface area contributed by atoms with Gasteiger partial charge in [0.05, 0.1) is 18.2 Å². The van der Waals surface area contributed by atoms with Crippen LogP contribution >= 0.6 is 0 Å². The number of ether oxygens (including phenoxy) is 1. The molecule has 0 spiro atoms. The number of hydrogen-bond acceptors (Lipinski definition) is 2. The van der Waals surface area contributed by atoms with Crippen molar-refractivity contribution in [3.05, 3.63) is 35.4 Å². The number of amides is 2. The van der Waals surface area contributed by atoms with Gasteiger partial charge in [0.15, 0.2) is 0 Å². The molecule has 0 heterocycles. The minimum absolute atomic E-state index is 0.141. The summed E-state index contributed by atoms with van der Waals surface area (Å²) in [7, 11) is 3.11. The lowest BCUT2D eigenvalue weighted by Crippen LogP contribution is -2.43. The Morgan fingerprint density at radius 2 is 1.90 bits per heavy atom. The van der Waals surface area contributed by atoms with E-state index in [1.807, 2.05) is 0 Å². The fourth-order valence-electron chi connectivity index (χ4n) is 1.76. The lowest BCUT2D eigenvalue weighted by molar-refractivity contribution is -0.137. The Hall–Kier alpha value is -1.76. The summed E-state index contributed by atoms with van der Waals surface area (Å²) >= 11 is 0. The average Bonchev–Trinajstić information content (AvgIpc) is 2.38. The van der Waals surface area contributed by atoms with Crippen molar-refractivity contribution < 1.29 is 22.7 Å². The minimum Gasteiger partial charge on any atom is -0.383 e. The number of hydrogen-bond donors (Lipinski definition) is 1. The number of halogens is 3. The van der Waals surface area contributed by atoms with Gasteiger partial charge in [0.1, 0.15) is 0 Å². The third-order valence-corrected chi connectivity index (χ3v) is 2.83.